The van der Waals surface area contributed by atoms with E-state index in [1.54, 1.807) is 0 Å². The van der Waals surface area contributed by atoms with Crippen molar-refractivity contribution in [3.8, 4) is 0 Å². The van der Waals surface area contributed by atoms with E-state index in [0.29, 0.717) is 0 Å². The second-order valence-corrected chi connectivity index (χ2v) is 11.1. The highest BCUT2D eigenvalue weighted by molar-refractivity contribution is 6.62. The first-order chi connectivity index (χ1) is 14.4. The van der Waals surface area contributed by atoms with Gasteiger partial charge < -0.3 is 14.0 Å². The molecule has 0 N–H and O–H groups in total. The molecule has 1 aromatic carbocycles. The van der Waals surface area contributed by atoms with Gasteiger partial charge in [-0.1, -0.05) is 30.3 Å². The first kappa shape index (κ1) is 22.4. The van der Waals surface area contributed by atoms with Crippen LogP contribution in [-0.2, 0) is 14.0 Å². The Kier molecular flexibility index (Phi) is 5.54. The van der Waals surface area contributed by atoms with E-state index in [1.807, 2.05) is 25.7 Å². The van der Waals surface area contributed by atoms with E-state index in [9.17, 15) is 4.79 Å². The average Bonchev–Trinajstić information content (AvgIpc) is 2.87. The number of rotatable bonds is 2. The minimum Gasteiger partial charge on any atom is -0.444 e. The normalized spacial score (nSPS) is 27.1. The lowest BCUT2D eigenvalue weighted by atomic mass is 9.77. The largest absolute Gasteiger partial charge is 0.494 e. The number of ether oxygens (including phenoxy) is 1. The molecule has 168 valence electrons. The third-order valence-electron chi connectivity index (χ3n) is 7.05. The van der Waals surface area contributed by atoms with Crippen LogP contribution in [0.5, 0.6) is 0 Å². The zero-order valence-electron chi connectivity index (χ0n) is 20.0. The van der Waals surface area contributed by atoms with E-state index in [4.69, 9.17) is 14.0 Å². The molecule has 3 heterocycles. The first-order valence-corrected chi connectivity index (χ1v) is 11.5. The number of fused-ring (bicyclic) bond motifs is 2. The summed E-state index contributed by atoms with van der Waals surface area (Å²) < 4.78 is 18.1. The molecule has 5 nitrogen and oxygen atoms in total. The summed E-state index contributed by atoms with van der Waals surface area (Å²) in [5.74, 6) is 0. The van der Waals surface area contributed by atoms with Gasteiger partial charge in [0, 0.05) is 6.04 Å². The van der Waals surface area contributed by atoms with Crippen molar-refractivity contribution in [2.24, 2.45) is 0 Å². The molecule has 0 spiro atoms. The van der Waals surface area contributed by atoms with E-state index >= 15 is 0 Å². The third-order valence-corrected chi connectivity index (χ3v) is 7.05. The number of carbonyl (C=O) groups excluding carboxylic acids is 1. The summed E-state index contributed by atoms with van der Waals surface area (Å²) in [6.07, 6.45) is 6.12. The van der Waals surface area contributed by atoms with Crippen LogP contribution < -0.4 is 5.46 Å². The number of piperidine rings is 1. The molecule has 2 bridgehead atoms. The first-order valence-electron chi connectivity index (χ1n) is 11.5. The molecule has 2 atom stereocenters. The molecule has 0 aromatic heterocycles. The van der Waals surface area contributed by atoms with Gasteiger partial charge in [-0.3, -0.25) is 4.90 Å². The second kappa shape index (κ2) is 7.66. The van der Waals surface area contributed by atoms with Crippen LogP contribution in [0.2, 0.25) is 0 Å². The lowest BCUT2D eigenvalue weighted by Crippen LogP contribution is -2.53. The van der Waals surface area contributed by atoms with E-state index in [1.165, 1.54) is 11.1 Å². The number of hydrogen-bond acceptors (Lipinski definition) is 4. The Morgan fingerprint density at radius 1 is 1.06 bits per heavy atom. The van der Waals surface area contributed by atoms with Crippen LogP contribution in [0.25, 0.3) is 5.57 Å². The van der Waals surface area contributed by atoms with Crippen molar-refractivity contribution in [3.63, 3.8) is 0 Å². The van der Waals surface area contributed by atoms with Crippen LogP contribution in [0.1, 0.15) is 79.7 Å². The van der Waals surface area contributed by atoms with Crippen molar-refractivity contribution in [1.29, 1.82) is 0 Å². The summed E-state index contributed by atoms with van der Waals surface area (Å²) in [6.45, 7) is 14.1. The molecule has 31 heavy (non-hydrogen) atoms. The highest BCUT2D eigenvalue weighted by Crippen LogP contribution is 2.39. The van der Waals surface area contributed by atoms with Crippen LogP contribution in [0.15, 0.2) is 30.3 Å². The third kappa shape index (κ3) is 4.42. The fourth-order valence-electron chi connectivity index (χ4n) is 4.68. The lowest BCUT2D eigenvalue weighted by molar-refractivity contribution is 0.0000810. The molecular formula is C25H36BNO4. The minimum atomic E-state index is -0.473. The Morgan fingerprint density at radius 3 is 2.23 bits per heavy atom. The Hall–Kier alpha value is -1.79. The van der Waals surface area contributed by atoms with Crippen molar-refractivity contribution < 1.29 is 18.8 Å². The molecule has 1 aromatic rings. The topological polar surface area (TPSA) is 48.0 Å². The number of hydrogen-bond donors (Lipinski definition) is 0. The van der Waals surface area contributed by atoms with Gasteiger partial charge in [0.1, 0.15) is 5.60 Å². The van der Waals surface area contributed by atoms with Crippen LogP contribution >= 0.6 is 0 Å². The summed E-state index contributed by atoms with van der Waals surface area (Å²) >= 11 is 0. The molecular weight excluding hydrogens is 389 g/mol. The van der Waals surface area contributed by atoms with Gasteiger partial charge in [0.25, 0.3) is 0 Å². The number of benzene rings is 1. The highest BCUT2D eigenvalue weighted by atomic mass is 16.7. The Labute approximate surface area is 187 Å². The van der Waals surface area contributed by atoms with Crippen molar-refractivity contribution >= 4 is 24.2 Å². The minimum absolute atomic E-state index is 0.111. The molecule has 0 aliphatic carbocycles. The molecule has 2 fully saturated rings. The molecule has 0 radical (unpaired) electrons. The zero-order chi connectivity index (χ0) is 22.6. The average molecular weight is 425 g/mol. The fourth-order valence-corrected chi connectivity index (χ4v) is 4.68. The molecule has 2 saturated heterocycles. The van der Waals surface area contributed by atoms with Crippen LogP contribution in [0.4, 0.5) is 4.79 Å². The summed E-state index contributed by atoms with van der Waals surface area (Å²) in [5.41, 5.74) is 2.40. The van der Waals surface area contributed by atoms with E-state index in [-0.39, 0.29) is 36.5 Å². The van der Waals surface area contributed by atoms with Crippen molar-refractivity contribution in [2.45, 2.75) is 103 Å². The Bertz CT molecular complexity index is 853. The molecule has 3 aliphatic heterocycles. The van der Waals surface area contributed by atoms with Gasteiger partial charge in [0.15, 0.2) is 0 Å². The zero-order valence-corrected chi connectivity index (χ0v) is 20.0. The number of nitrogens with zero attached hydrogens (tertiary/aromatic N) is 1. The summed E-state index contributed by atoms with van der Waals surface area (Å²) in [7, 11) is -0.346. The monoisotopic (exact) mass is 425 g/mol. The van der Waals surface area contributed by atoms with Crippen LogP contribution in [-0.4, -0.2) is 47.0 Å². The maximum atomic E-state index is 12.8. The molecule has 6 heteroatoms. The maximum absolute atomic E-state index is 12.8. The van der Waals surface area contributed by atoms with Crippen molar-refractivity contribution in [1.82, 2.24) is 4.90 Å². The lowest BCUT2D eigenvalue weighted by Gasteiger charge is -2.45. The van der Waals surface area contributed by atoms with Gasteiger partial charge in [-0.05, 0) is 90.7 Å². The summed E-state index contributed by atoms with van der Waals surface area (Å²) in [6, 6.07) is 8.84. The van der Waals surface area contributed by atoms with Gasteiger partial charge in [0.05, 0.1) is 17.2 Å². The van der Waals surface area contributed by atoms with Gasteiger partial charge in [-0.25, -0.2) is 4.79 Å². The predicted octanol–water partition coefficient (Wildman–Crippen LogP) is 4.93. The van der Waals surface area contributed by atoms with Crippen LogP contribution in [0, 0.1) is 0 Å². The van der Waals surface area contributed by atoms with E-state index in [2.05, 4.69) is 58.0 Å². The predicted molar refractivity (Wildman–Crippen MR) is 124 cm³/mol. The number of carbonyl (C=O) groups is 1. The van der Waals surface area contributed by atoms with Gasteiger partial charge in [0.2, 0.25) is 0 Å². The molecule has 2 unspecified atom stereocenters. The number of amides is 1. The maximum Gasteiger partial charge on any atom is 0.494 e. The Balaban J connectivity index is 1.51. The SMILES string of the molecule is CC(C)(C)OC(=O)N1C2C=C(c3ccc(B4OC(C)(C)C(C)(C)O4)cc3)CC1CCC2. The van der Waals surface area contributed by atoms with Crippen molar-refractivity contribution in [3.05, 3.63) is 35.9 Å². The van der Waals surface area contributed by atoms with E-state index < -0.39 is 5.60 Å². The van der Waals surface area contributed by atoms with Gasteiger partial charge >= 0.3 is 13.2 Å². The summed E-state index contributed by atoms with van der Waals surface area (Å²) in [5, 5.41) is 0. The quantitative estimate of drug-likeness (QED) is 0.631. The standard InChI is InChI=1S/C25H36BNO4/c1-23(2,3)29-22(28)27-20-9-8-10-21(27)16-18(15-20)17-11-13-19(14-12-17)26-30-24(4,5)25(6,7)31-26/h11-15,20-21H,8-10,16H2,1-7H3. The molecule has 0 saturated carbocycles. The fraction of sp³-hybridized carbons (Fsp3) is 0.640. The highest BCUT2D eigenvalue weighted by Gasteiger charge is 2.51. The van der Waals surface area contributed by atoms with Gasteiger partial charge in [-0.2, -0.15) is 0 Å². The molecule has 1 amide bonds. The molecule has 3 aliphatic rings. The van der Waals surface area contributed by atoms with Gasteiger partial charge in [-0.15, -0.1) is 0 Å². The van der Waals surface area contributed by atoms with Crippen molar-refractivity contribution in [2.75, 3.05) is 0 Å². The second-order valence-electron chi connectivity index (χ2n) is 11.1. The molecule has 4 rings (SSSR count). The summed E-state index contributed by atoms with van der Waals surface area (Å²) in [4.78, 5) is 14.8. The smallest absolute Gasteiger partial charge is 0.444 e. The Morgan fingerprint density at radius 2 is 1.68 bits per heavy atom. The van der Waals surface area contributed by atoms with E-state index in [0.717, 1.165) is 31.1 Å². The van der Waals surface area contributed by atoms with Crippen LogP contribution in [0.3, 0.4) is 0 Å².